The Hall–Kier alpha value is -1.71. The molecule has 0 saturated carbocycles. The number of rotatable bonds is 4. The minimum atomic E-state index is -0.107. The monoisotopic (exact) mass is 233 g/mol. The van der Waals surface area contributed by atoms with E-state index in [1.165, 1.54) is 6.20 Å². The molecule has 0 fully saturated rings. The number of hydrogen-bond donors (Lipinski definition) is 1. The predicted molar refractivity (Wildman–Crippen MR) is 65.1 cm³/mol. The molecule has 0 saturated heterocycles. The molecule has 0 amide bonds. The van der Waals surface area contributed by atoms with E-state index in [2.05, 4.69) is 16.2 Å². The lowest BCUT2D eigenvalue weighted by atomic mass is 10.2. The highest BCUT2D eigenvalue weighted by atomic mass is 35.5. The summed E-state index contributed by atoms with van der Waals surface area (Å²) < 4.78 is 0. The van der Waals surface area contributed by atoms with Crippen LogP contribution in [0.3, 0.4) is 0 Å². The Morgan fingerprint density at radius 1 is 1.69 bits per heavy atom. The molecule has 0 bridgehead atoms. The fraction of sp³-hybridized carbons (Fsp3) is 0.333. The molecule has 1 atom stereocenters. The van der Waals surface area contributed by atoms with Gasteiger partial charge in [0.15, 0.2) is 0 Å². The van der Waals surface area contributed by atoms with Crippen LogP contribution >= 0.6 is 11.6 Å². The minimum Gasteiger partial charge on any atom is -0.355 e. The third-order valence-electron chi connectivity index (χ3n) is 2.10. The lowest BCUT2D eigenvalue weighted by Gasteiger charge is -2.13. The fourth-order valence-corrected chi connectivity index (χ4v) is 1.49. The Morgan fingerprint density at radius 3 is 3.00 bits per heavy atom. The summed E-state index contributed by atoms with van der Waals surface area (Å²) in [5, 5.41) is 12.2. The van der Waals surface area contributed by atoms with Crippen LogP contribution in [0.4, 0.5) is 5.82 Å². The first-order valence-electron chi connectivity index (χ1n) is 5.00. The zero-order valence-corrected chi connectivity index (χ0v) is 9.75. The van der Waals surface area contributed by atoms with E-state index in [4.69, 9.17) is 23.3 Å². The van der Waals surface area contributed by atoms with Gasteiger partial charge in [-0.25, -0.2) is 4.98 Å². The van der Waals surface area contributed by atoms with Gasteiger partial charge in [0, 0.05) is 6.20 Å². The maximum Gasteiger partial charge on any atom is 0.147 e. The molecule has 1 aromatic rings. The molecular formula is C12H12ClN3. The molecule has 0 radical (unpaired) electrons. The van der Waals surface area contributed by atoms with Gasteiger partial charge in [0.2, 0.25) is 0 Å². The van der Waals surface area contributed by atoms with Crippen LogP contribution in [0, 0.1) is 23.7 Å². The van der Waals surface area contributed by atoms with E-state index in [-0.39, 0.29) is 6.04 Å². The van der Waals surface area contributed by atoms with Gasteiger partial charge in [-0.3, -0.25) is 0 Å². The maximum absolute atomic E-state index is 8.81. The molecule has 3 nitrogen and oxygen atoms in total. The van der Waals surface area contributed by atoms with Crippen LogP contribution in [-0.2, 0) is 0 Å². The Kier molecular flexibility index (Phi) is 4.64. The van der Waals surface area contributed by atoms with Crippen molar-refractivity contribution in [3.63, 3.8) is 0 Å². The number of terminal acetylenes is 1. The molecule has 1 heterocycles. The molecule has 1 N–H and O–H groups in total. The van der Waals surface area contributed by atoms with Gasteiger partial charge in [0.1, 0.15) is 16.9 Å². The first-order chi connectivity index (χ1) is 7.72. The third kappa shape index (κ3) is 2.89. The summed E-state index contributed by atoms with van der Waals surface area (Å²) in [4.78, 5) is 4.07. The fourth-order valence-electron chi connectivity index (χ4n) is 1.28. The summed E-state index contributed by atoms with van der Waals surface area (Å²) in [6.07, 6.45) is 8.72. The van der Waals surface area contributed by atoms with Crippen LogP contribution in [0.25, 0.3) is 0 Å². The molecule has 0 spiro atoms. The number of hydrogen-bond acceptors (Lipinski definition) is 3. The van der Waals surface area contributed by atoms with E-state index in [1.807, 2.05) is 13.0 Å². The number of halogens is 1. The molecule has 0 aliphatic rings. The van der Waals surface area contributed by atoms with Gasteiger partial charge in [-0.1, -0.05) is 30.9 Å². The number of nitriles is 1. The van der Waals surface area contributed by atoms with Gasteiger partial charge in [-0.15, -0.1) is 6.42 Å². The van der Waals surface area contributed by atoms with Crippen molar-refractivity contribution in [3.05, 3.63) is 22.8 Å². The Balaban J connectivity index is 2.90. The largest absolute Gasteiger partial charge is 0.355 e. The van der Waals surface area contributed by atoms with Crippen molar-refractivity contribution < 1.29 is 0 Å². The molecule has 1 rings (SSSR count). The predicted octanol–water partition coefficient (Wildman–Crippen LogP) is 2.82. The van der Waals surface area contributed by atoms with E-state index in [0.717, 1.165) is 12.8 Å². The standard InChI is InChI=1S/C12H12ClN3/c1-3-5-10(4-2)16-12-11(13)9(8-14)6-7-15-12/h2,6-7,10H,3,5H2,1H3,(H,15,16). The number of aromatic nitrogens is 1. The first-order valence-corrected chi connectivity index (χ1v) is 5.38. The van der Waals surface area contributed by atoms with Crippen LogP contribution in [0.15, 0.2) is 12.3 Å². The molecule has 0 aromatic carbocycles. The van der Waals surface area contributed by atoms with Crippen LogP contribution in [0.1, 0.15) is 25.3 Å². The lowest BCUT2D eigenvalue weighted by molar-refractivity contribution is 0.752. The zero-order valence-electron chi connectivity index (χ0n) is 9.00. The van der Waals surface area contributed by atoms with Gasteiger partial charge in [0.25, 0.3) is 0 Å². The second-order valence-corrected chi connectivity index (χ2v) is 3.66. The van der Waals surface area contributed by atoms with Gasteiger partial charge < -0.3 is 5.32 Å². The minimum absolute atomic E-state index is 0.107. The molecule has 82 valence electrons. The average molecular weight is 234 g/mol. The van der Waals surface area contributed by atoms with Crippen molar-refractivity contribution >= 4 is 17.4 Å². The highest BCUT2D eigenvalue weighted by molar-refractivity contribution is 6.34. The summed E-state index contributed by atoms with van der Waals surface area (Å²) in [6.45, 7) is 2.05. The van der Waals surface area contributed by atoms with Crippen molar-refractivity contribution in [2.45, 2.75) is 25.8 Å². The molecule has 1 unspecified atom stereocenters. The molecule has 4 heteroatoms. The van der Waals surface area contributed by atoms with E-state index >= 15 is 0 Å². The van der Waals surface area contributed by atoms with Crippen LogP contribution in [-0.4, -0.2) is 11.0 Å². The third-order valence-corrected chi connectivity index (χ3v) is 2.48. The highest BCUT2D eigenvalue weighted by Gasteiger charge is 2.10. The second-order valence-electron chi connectivity index (χ2n) is 3.29. The smallest absolute Gasteiger partial charge is 0.147 e. The number of nitrogens with zero attached hydrogens (tertiary/aromatic N) is 2. The summed E-state index contributed by atoms with van der Waals surface area (Å²) >= 11 is 5.99. The molecule has 0 aliphatic heterocycles. The van der Waals surface area contributed by atoms with E-state index in [0.29, 0.717) is 16.4 Å². The first kappa shape index (κ1) is 12.4. The quantitative estimate of drug-likeness (QED) is 0.814. The van der Waals surface area contributed by atoms with Crippen LogP contribution in [0.5, 0.6) is 0 Å². The molecular weight excluding hydrogens is 222 g/mol. The number of nitrogens with one attached hydrogen (secondary N) is 1. The molecule has 16 heavy (non-hydrogen) atoms. The van der Waals surface area contributed by atoms with Crippen LogP contribution in [0.2, 0.25) is 5.02 Å². The van der Waals surface area contributed by atoms with Crippen molar-refractivity contribution in [1.29, 1.82) is 5.26 Å². The molecule has 1 aromatic heterocycles. The lowest BCUT2D eigenvalue weighted by Crippen LogP contribution is -2.18. The van der Waals surface area contributed by atoms with E-state index in [1.54, 1.807) is 6.07 Å². The van der Waals surface area contributed by atoms with Crippen molar-refractivity contribution in [2.75, 3.05) is 5.32 Å². The average Bonchev–Trinajstić information content (AvgIpc) is 2.31. The van der Waals surface area contributed by atoms with Crippen molar-refractivity contribution in [2.24, 2.45) is 0 Å². The Morgan fingerprint density at radius 2 is 2.44 bits per heavy atom. The SMILES string of the molecule is C#CC(CCC)Nc1nccc(C#N)c1Cl. The van der Waals surface area contributed by atoms with Gasteiger partial charge in [0.05, 0.1) is 11.6 Å². The number of anilines is 1. The Labute approximate surface area is 100 Å². The van der Waals surface area contributed by atoms with Gasteiger partial charge in [-0.2, -0.15) is 5.26 Å². The zero-order chi connectivity index (χ0) is 12.0. The van der Waals surface area contributed by atoms with Gasteiger partial charge in [-0.05, 0) is 12.5 Å². The normalized spacial score (nSPS) is 11.2. The van der Waals surface area contributed by atoms with E-state index < -0.39 is 0 Å². The Bertz CT molecular complexity index is 443. The number of pyridine rings is 1. The summed E-state index contributed by atoms with van der Waals surface area (Å²) in [5.74, 6) is 3.09. The van der Waals surface area contributed by atoms with Crippen LogP contribution < -0.4 is 5.32 Å². The summed E-state index contributed by atoms with van der Waals surface area (Å²) in [5.41, 5.74) is 0.395. The highest BCUT2D eigenvalue weighted by Crippen LogP contribution is 2.23. The van der Waals surface area contributed by atoms with Crippen molar-refractivity contribution in [3.8, 4) is 18.4 Å². The topological polar surface area (TPSA) is 48.7 Å². The molecule has 0 aliphatic carbocycles. The summed E-state index contributed by atoms with van der Waals surface area (Å²) in [6, 6.07) is 3.46. The second kappa shape index (κ2) is 6.00. The summed E-state index contributed by atoms with van der Waals surface area (Å²) in [7, 11) is 0. The maximum atomic E-state index is 8.81. The van der Waals surface area contributed by atoms with Crippen molar-refractivity contribution in [1.82, 2.24) is 4.98 Å². The van der Waals surface area contributed by atoms with Gasteiger partial charge >= 0.3 is 0 Å². The van der Waals surface area contributed by atoms with E-state index in [9.17, 15) is 0 Å².